The Kier molecular flexibility index (Phi) is 8.02. The molecule has 0 aliphatic carbocycles. The van der Waals surface area contributed by atoms with Gasteiger partial charge in [0.15, 0.2) is 0 Å². The van der Waals surface area contributed by atoms with Gasteiger partial charge in [0, 0.05) is 19.0 Å². The highest BCUT2D eigenvalue weighted by Gasteiger charge is 2.06. The van der Waals surface area contributed by atoms with Gasteiger partial charge in [-0.1, -0.05) is 12.1 Å². The molecule has 4 nitrogen and oxygen atoms in total. The second-order valence-corrected chi connectivity index (χ2v) is 3.98. The summed E-state index contributed by atoms with van der Waals surface area (Å²) in [6, 6.07) is 5.98. The summed E-state index contributed by atoms with van der Waals surface area (Å²) < 4.78 is 28.3. The summed E-state index contributed by atoms with van der Waals surface area (Å²) in [5, 5.41) is 2.65. The van der Waals surface area contributed by atoms with Gasteiger partial charge < -0.3 is 15.8 Å². The number of amides is 1. The zero-order valence-electron chi connectivity index (χ0n) is 10.4. The van der Waals surface area contributed by atoms with Gasteiger partial charge in [-0.05, 0) is 24.6 Å². The van der Waals surface area contributed by atoms with Crippen LogP contribution in [0.1, 0.15) is 18.9 Å². The van der Waals surface area contributed by atoms with Crippen molar-refractivity contribution in [2.75, 3.05) is 0 Å². The summed E-state index contributed by atoms with van der Waals surface area (Å²) in [4.78, 5) is 11.3. The molecule has 1 amide bonds. The summed E-state index contributed by atoms with van der Waals surface area (Å²) in [5.41, 5.74) is 6.16. The van der Waals surface area contributed by atoms with E-state index in [2.05, 4.69) is 10.1 Å². The first kappa shape index (κ1) is 17.6. The maximum atomic E-state index is 12.0. The first-order valence-electron chi connectivity index (χ1n) is 5.53. The second-order valence-electron chi connectivity index (χ2n) is 3.98. The average molecular weight is 295 g/mol. The second kappa shape index (κ2) is 8.66. The minimum atomic E-state index is -2.85. The van der Waals surface area contributed by atoms with Crippen LogP contribution in [0.25, 0.3) is 0 Å². The monoisotopic (exact) mass is 294 g/mol. The van der Waals surface area contributed by atoms with Crippen LogP contribution in [0.15, 0.2) is 24.3 Å². The maximum absolute atomic E-state index is 12.0. The van der Waals surface area contributed by atoms with Gasteiger partial charge in [-0.2, -0.15) is 8.78 Å². The standard InChI is InChI=1S/C12H16F2N2O2.ClH/c1-8(15)5-11(17)16-7-9-3-2-4-10(6-9)18-12(13)14;/h2-4,6,8,12H,5,7,15H2,1H3,(H,16,17);1H. The predicted molar refractivity (Wildman–Crippen MR) is 70.4 cm³/mol. The van der Waals surface area contributed by atoms with Crippen LogP contribution in [0.5, 0.6) is 5.75 Å². The van der Waals surface area contributed by atoms with E-state index >= 15 is 0 Å². The number of ether oxygens (including phenoxy) is 1. The molecule has 0 aliphatic rings. The van der Waals surface area contributed by atoms with Crippen LogP contribution in [0.4, 0.5) is 8.78 Å². The summed E-state index contributed by atoms with van der Waals surface area (Å²) in [7, 11) is 0. The summed E-state index contributed by atoms with van der Waals surface area (Å²) in [5.74, 6) is -0.103. The fraction of sp³-hybridized carbons (Fsp3) is 0.417. The Labute approximate surface area is 116 Å². The van der Waals surface area contributed by atoms with Crippen molar-refractivity contribution < 1.29 is 18.3 Å². The van der Waals surface area contributed by atoms with E-state index in [0.717, 1.165) is 0 Å². The van der Waals surface area contributed by atoms with Crippen molar-refractivity contribution >= 4 is 18.3 Å². The topological polar surface area (TPSA) is 64.4 Å². The van der Waals surface area contributed by atoms with E-state index in [1.165, 1.54) is 12.1 Å². The SMILES string of the molecule is CC(N)CC(=O)NCc1cccc(OC(F)F)c1.Cl. The molecule has 0 fully saturated rings. The number of nitrogens with one attached hydrogen (secondary N) is 1. The molecule has 0 spiro atoms. The normalized spacial score (nSPS) is 11.6. The lowest BCUT2D eigenvalue weighted by molar-refractivity contribution is -0.121. The zero-order valence-corrected chi connectivity index (χ0v) is 11.3. The smallest absolute Gasteiger partial charge is 0.387 e. The molecule has 1 unspecified atom stereocenters. The molecule has 19 heavy (non-hydrogen) atoms. The van der Waals surface area contributed by atoms with E-state index in [-0.39, 0.29) is 43.1 Å². The molecule has 7 heteroatoms. The fourth-order valence-electron chi connectivity index (χ4n) is 1.40. The van der Waals surface area contributed by atoms with Gasteiger partial charge in [-0.3, -0.25) is 4.79 Å². The van der Waals surface area contributed by atoms with Crippen molar-refractivity contribution in [1.82, 2.24) is 5.32 Å². The Hall–Kier alpha value is -1.40. The molecule has 0 aliphatic heterocycles. The van der Waals surface area contributed by atoms with Crippen LogP contribution in [-0.2, 0) is 11.3 Å². The highest BCUT2D eigenvalue weighted by atomic mass is 35.5. The fourth-order valence-corrected chi connectivity index (χ4v) is 1.40. The number of benzene rings is 1. The van der Waals surface area contributed by atoms with Gasteiger partial charge in [0.25, 0.3) is 0 Å². The van der Waals surface area contributed by atoms with Gasteiger partial charge in [0.05, 0.1) is 0 Å². The van der Waals surface area contributed by atoms with Crippen LogP contribution in [-0.4, -0.2) is 18.6 Å². The molecule has 0 radical (unpaired) electrons. The average Bonchev–Trinajstić information content (AvgIpc) is 2.25. The molecule has 1 aromatic carbocycles. The number of carbonyl (C=O) groups excluding carboxylic acids is 1. The Balaban J connectivity index is 0.00000324. The third kappa shape index (κ3) is 7.58. The van der Waals surface area contributed by atoms with Crippen molar-refractivity contribution in [3.8, 4) is 5.75 Å². The van der Waals surface area contributed by atoms with Gasteiger partial charge in [-0.25, -0.2) is 0 Å². The molecule has 0 saturated heterocycles. The van der Waals surface area contributed by atoms with Crippen LogP contribution in [0, 0.1) is 0 Å². The Morgan fingerprint density at radius 3 is 2.74 bits per heavy atom. The molecule has 3 N–H and O–H groups in total. The molecule has 0 heterocycles. The third-order valence-electron chi connectivity index (χ3n) is 2.12. The molecule has 1 rings (SSSR count). The van der Waals surface area contributed by atoms with Crippen molar-refractivity contribution in [1.29, 1.82) is 0 Å². The number of hydrogen-bond donors (Lipinski definition) is 2. The first-order chi connectivity index (χ1) is 8.47. The van der Waals surface area contributed by atoms with E-state index in [9.17, 15) is 13.6 Å². The summed E-state index contributed by atoms with van der Waals surface area (Å²) >= 11 is 0. The van der Waals surface area contributed by atoms with Crippen LogP contribution < -0.4 is 15.8 Å². The lowest BCUT2D eigenvalue weighted by Gasteiger charge is -2.09. The third-order valence-corrected chi connectivity index (χ3v) is 2.12. The molecule has 1 atom stereocenters. The lowest BCUT2D eigenvalue weighted by atomic mass is 10.2. The molecule has 108 valence electrons. The van der Waals surface area contributed by atoms with E-state index in [0.29, 0.717) is 5.56 Å². The van der Waals surface area contributed by atoms with E-state index in [4.69, 9.17) is 5.73 Å². The minimum Gasteiger partial charge on any atom is -0.435 e. The van der Waals surface area contributed by atoms with Crippen LogP contribution in [0.2, 0.25) is 0 Å². The minimum absolute atomic E-state index is 0. The quantitative estimate of drug-likeness (QED) is 0.844. The predicted octanol–water partition coefficient (Wildman–Crippen LogP) is 2.06. The van der Waals surface area contributed by atoms with Crippen molar-refractivity contribution in [3.63, 3.8) is 0 Å². The lowest BCUT2D eigenvalue weighted by Crippen LogP contribution is -2.29. The largest absolute Gasteiger partial charge is 0.435 e. The summed E-state index contributed by atoms with van der Waals surface area (Å²) in [6.07, 6.45) is 0.229. The number of carbonyl (C=O) groups is 1. The molecule has 0 bridgehead atoms. The van der Waals surface area contributed by atoms with E-state index in [1.54, 1.807) is 19.1 Å². The first-order valence-corrected chi connectivity index (χ1v) is 5.53. The number of rotatable bonds is 6. The number of nitrogens with two attached hydrogens (primary N) is 1. The molecule has 0 saturated carbocycles. The van der Waals surface area contributed by atoms with Crippen molar-refractivity contribution in [2.45, 2.75) is 32.5 Å². The number of hydrogen-bond acceptors (Lipinski definition) is 3. The molecule has 1 aromatic rings. The molecule has 0 aromatic heterocycles. The van der Waals surface area contributed by atoms with E-state index < -0.39 is 6.61 Å². The van der Waals surface area contributed by atoms with Crippen molar-refractivity contribution in [3.05, 3.63) is 29.8 Å². The summed E-state index contributed by atoms with van der Waals surface area (Å²) in [6.45, 7) is -0.865. The van der Waals surface area contributed by atoms with Gasteiger partial charge in [-0.15, -0.1) is 12.4 Å². The van der Waals surface area contributed by atoms with Gasteiger partial charge >= 0.3 is 6.61 Å². The maximum Gasteiger partial charge on any atom is 0.387 e. The van der Waals surface area contributed by atoms with E-state index in [1.807, 2.05) is 0 Å². The zero-order chi connectivity index (χ0) is 13.5. The Morgan fingerprint density at radius 2 is 2.16 bits per heavy atom. The van der Waals surface area contributed by atoms with Gasteiger partial charge in [0.2, 0.25) is 5.91 Å². The Bertz CT molecular complexity index is 403. The Morgan fingerprint density at radius 1 is 1.47 bits per heavy atom. The molecular weight excluding hydrogens is 278 g/mol. The van der Waals surface area contributed by atoms with Crippen molar-refractivity contribution in [2.24, 2.45) is 5.73 Å². The number of alkyl halides is 2. The highest BCUT2D eigenvalue weighted by Crippen LogP contribution is 2.15. The highest BCUT2D eigenvalue weighted by molar-refractivity contribution is 5.85. The molecular formula is C12H17ClF2N2O2. The van der Waals surface area contributed by atoms with Crippen LogP contribution >= 0.6 is 12.4 Å². The number of halogens is 3. The van der Waals surface area contributed by atoms with Gasteiger partial charge in [0.1, 0.15) is 5.75 Å². The van der Waals surface area contributed by atoms with Crippen LogP contribution in [0.3, 0.4) is 0 Å².